The largest absolute Gasteiger partial charge is 0.497 e. The van der Waals surface area contributed by atoms with Gasteiger partial charge in [-0.05, 0) is 85.8 Å². The number of hydrogen-bond donors (Lipinski definition) is 1. The summed E-state index contributed by atoms with van der Waals surface area (Å²) in [5, 5.41) is 3.04. The maximum Gasteiger partial charge on any atom is 0.245 e. The molecule has 5 rings (SSSR count). The van der Waals surface area contributed by atoms with Crippen molar-refractivity contribution in [3.8, 4) is 17.2 Å². The number of halogens is 1. The van der Waals surface area contributed by atoms with Crippen molar-refractivity contribution in [2.75, 3.05) is 32.8 Å². The number of likely N-dealkylation sites (tertiary alicyclic amines) is 1. The number of piperidine rings is 2. The molecule has 3 aromatic rings. The molecule has 2 aliphatic heterocycles. The molecule has 0 radical (unpaired) electrons. The van der Waals surface area contributed by atoms with E-state index in [0.717, 1.165) is 5.56 Å². The van der Waals surface area contributed by atoms with Crippen molar-refractivity contribution in [2.24, 2.45) is 5.92 Å². The Hall–Kier alpha value is -4.60. The number of amides is 3. The summed E-state index contributed by atoms with van der Waals surface area (Å²) in [6, 6.07) is 17.0. The van der Waals surface area contributed by atoms with Gasteiger partial charge in [0.15, 0.2) is 11.5 Å². The van der Waals surface area contributed by atoms with E-state index in [1.165, 1.54) is 19.2 Å². The van der Waals surface area contributed by atoms with E-state index in [1.54, 1.807) is 72.6 Å². The Labute approximate surface area is 256 Å². The number of nitrogens with one attached hydrogen (secondary N) is 1. The number of ether oxygens (including phenoxy) is 3. The Morgan fingerprint density at radius 1 is 0.909 bits per heavy atom. The van der Waals surface area contributed by atoms with E-state index in [9.17, 15) is 18.8 Å². The standard InChI is InChI=1S/C34H38FN3O6/c1-21(22-7-10-24(35)11-8-22)37-19-5-6-28(34(37)41)36-33(40)27-16-18-31(39)38(25-12-14-26(42-2)15-13-25)32(27)23-9-17-29(43-3)30(20-23)44-4/h7-15,17,20-21,27-28,32H,5-6,16,18-19H2,1-4H3,(H,36,40). The topological polar surface area (TPSA) is 97.4 Å². The van der Waals surface area contributed by atoms with E-state index < -0.39 is 18.0 Å². The highest BCUT2D eigenvalue weighted by Crippen LogP contribution is 2.43. The van der Waals surface area contributed by atoms with Crippen LogP contribution in [0.25, 0.3) is 0 Å². The number of nitrogens with zero attached hydrogens (tertiary/aromatic N) is 2. The lowest BCUT2D eigenvalue weighted by Crippen LogP contribution is -2.56. The second kappa shape index (κ2) is 13.4. The zero-order chi connectivity index (χ0) is 31.4. The highest BCUT2D eigenvalue weighted by atomic mass is 19.1. The van der Waals surface area contributed by atoms with E-state index in [1.807, 2.05) is 13.0 Å². The van der Waals surface area contributed by atoms with Crippen LogP contribution in [0.5, 0.6) is 17.2 Å². The third-order valence-electron chi connectivity index (χ3n) is 8.64. The van der Waals surface area contributed by atoms with Crippen molar-refractivity contribution in [1.29, 1.82) is 0 Å². The molecule has 4 unspecified atom stereocenters. The average molecular weight is 604 g/mol. The predicted octanol–water partition coefficient (Wildman–Crippen LogP) is 5.20. The molecule has 2 heterocycles. The summed E-state index contributed by atoms with van der Waals surface area (Å²) in [5.74, 6) is 0.0644. The number of rotatable bonds is 9. The minimum atomic E-state index is -0.711. The van der Waals surface area contributed by atoms with E-state index >= 15 is 0 Å². The van der Waals surface area contributed by atoms with Gasteiger partial charge in [0.1, 0.15) is 17.6 Å². The van der Waals surface area contributed by atoms with Crippen LogP contribution in [0.3, 0.4) is 0 Å². The predicted molar refractivity (Wildman–Crippen MR) is 163 cm³/mol. The van der Waals surface area contributed by atoms with Crippen LogP contribution in [0, 0.1) is 11.7 Å². The minimum absolute atomic E-state index is 0.118. The second-order valence-corrected chi connectivity index (χ2v) is 11.1. The first-order chi connectivity index (χ1) is 21.2. The number of methoxy groups -OCH3 is 3. The quantitative estimate of drug-likeness (QED) is 0.361. The Kier molecular flexibility index (Phi) is 9.37. The molecule has 0 spiro atoms. The van der Waals surface area contributed by atoms with Crippen molar-refractivity contribution in [3.63, 3.8) is 0 Å². The molecule has 3 aromatic carbocycles. The molecular formula is C34H38FN3O6. The highest BCUT2D eigenvalue weighted by molar-refractivity contribution is 5.98. The van der Waals surface area contributed by atoms with Gasteiger partial charge in [-0.25, -0.2) is 4.39 Å². The molecule has 4 atom stereocenters. The van der Waals surface area contributed by atoms with Gasteiger partial charge >= 0.3 is 0 Å². The fourth-order valence-corrected chi connectivity index (χ4v) is 6.25. The molecule has 1 N–H and O–H groups in total. The number of hydrogen-bond acceptors (Lipinski definition) is 6. The lowest BCUT2D eigenvalue weighted by atomic mass is 9.82. The lowest BCUT2D eigenvalue weighted by molar-refractivity contribution is -0.142. The van der Waals surface area contributed by atoms with Crippen molar-refractivity contribution >= 4 is 23.4 Å². The van der Waals surface area contributed by atoms with E-state index in [-0.39, 0.29) is 36.0 Å². The van der Waals surface area contributed by atoms with E-state index in [4.69, 9.17) is 14.2 Å². The molecular weight excluding hydrogens is 565 g/mol. The molecule has 0 bridgehead atoms. The maximum absolute atomic E-state index is 14.1. The molecule has 0 aromatic heterocycles. The molecule has 2 aliphatic rings. The summed E-state index contributed by atoms with van der Waals surface area (Å²) >= 11 is 0. The van der Waals surface area contributed by atoms with Gasteiger partial charge in [-0.15, -0.1) is 0 Å². The Morgan fingerprint density at radius 3 is 2.27 bits per heavy atom. The van der Waals surface area contributed by atoms with Crippen LogP contribution in [0.4, 0.5) is 10.1 Å². The summed E-state index contributed by atoms with van der Waals surface area (Å²) in [4.78, 5) is 44.7. The van der Waals surface area contributed by atoms with Gasteiger partial charge < -0.3 is 29.3 Å². The van der Waals surface area contributed by atoms with Crippen LogP contribution >= 0.6 is 0 Å². The van der Waals surface area contributed by atoms with Crippen LogP contribution in [0.1, 0.15) is 55.8 Å². The number of benzene rings is 3. The lowest BCUT2D eigenvalue weighted by Gasteiger charge is -2.42. The maximum atomic E-state index is 14.1. The monoisotopic (exact) mass is 603 g/mol. The van der Waals surface area contributed by atoms with Crippen LogP contribution < -0.4 is 24.4 Å². The van der Waals surface area contributed by atoms with Gasteiger partial charge in [-0.3, -0.25) is 14.4 Å². The Balaban J connectivity index is 1.45. The SMILES string of the molecule is COc1ccc(N2C(=O)CCC(C(=O)NC3CCCN(C(C)c4ccc(F)cc4)C3=O)C2c2ccc(OC)c(OC)c2)cc1. The van der Waals surface area contributed by atoms with Gasteiger partial charge in [0, 0.05) is 18.7 Å². The van der Waals surface area contributed by atoms with Gasteiger partial charge in [0.2, 0.25) is 17.7 Å². The van der Waals surface area contributed by atoms with E-state index in [0.29, 0.717) is 54.3 Å². The Bertz CT molecular complexity index is 1500. The van der Waals surface area contributed by atoms with E-state index in [2.05, 4.69) is 5.32 Å². The fourth-order valence-electron chi connectivity index (χ4n) is 6.25. The van der Waals surface area contributed by atoms with Crippen LogP contribution in [0.15, 0.2) is 66.7 Å². The molecule has 44 heavy (non-hydrogen) atoms. The van der Waals surface area contributed by atoms with Crippen molar-refractivity contribution in [2.45, 2.75) is 50.7 Å². The molecule has 9 nitrogen and oxygen atoms in total. The molecule has 2 fully saturated rings. The van der Waals surface area contributed by atoms with Gasteiger partial charge in [-0.2, -0.15) is 0 Å². The first-order valence-corrected chi connectivity index (χ1v) is 14.8. The number of anilines is 1. The van der Waals surface area contributed by atoms with Crippen molar-refractivity contribution in [3.05, 3.63) is 83.7 Å². The average Bonchev–Trinajstić information content (AvgIpc) is 3.05. The second-order valence-electron chi connectivity index (χ2n) is 11.1. The van der Waals surface area contributed by atoms with Gasteiger partial charge in [0.25, 0.3) is 0 Å². The number of carbonyl (C=O) groups excluding carboxylic acids is 3. The van der Waals surface area contributed by atoms with Crippen LogP contribution in [0.2, 0.25) is 0 Å². The molecule has 2 saturated heterocycles. The summed E-state index contributed by atoms with van der Waals surface area (Å²) in [5.41, 5.74) is 2.15. The molecule has 10 heteroatoms. The fraction of sp³-hybridized carbons (Fsp3) is 0.382. The highest BCUT2D eigenvalue weighted by Gasteiger charge is 2.43. The van der Waals surface area contributed by atoms with Crippen LogP contribution in [-0.4, -0.2) is 56.5 Å². The molecule has 0 aliphatic carbocycles. The zero-order valence-corrected chi connectivity index (χ0v) is 25.4. The number of carbonyl (C=O) groups is 3. The minimum Gasteiger partial charge on any atom is -0.497 e. The van der Waals surface area contributed by atoms with Gasteiger partial charge in [0.05, 0.1) is 39.3 Å². The Morgan fingerprint density at radius 2 is 1.61 bits per heavy atom. The smallest absolute Gasteiger partial charge is 0.245 e. The first-order valence-electron chi connectivity index (χ1n) is 14.8. The van der Waals surface area contributed by atoms with Crippen molar-refractivity contribution < 1.29 is 33.0 Å². The van der Waals surface area contributed by atoms with Gasteiger partial charge in [-0.1, -0.05) is 18.2 Å². The molecule has 3 amide bonds. The third-order valence-corrected chi connectivity index (χ3v) is 8.64. The molecule has 0 saturated carbocycles. The summed E-state index contributed by atoms with van der Waals surface area (Å²) in [6.45, 7) is 2.45. The van der Waals surface area contributed by atoms with Crippen LogP contribution in [-0.2, 0) is 14.4 Å². The normalized spacial score (nSPS) is 21.1. The zero-order valence-electron chi connectivity index (χ0n) is 25.4. The summed E-state index contributed by atoms with van der Waals surface area (Å²) < 4.78 is 29.8. The third kappa shape index (κ3) is 6.20. The molecule has 232 valence electrons. The van der Waals surface area contributed by atoms with Crippen molar-refractivity contribution in [1.82, 2.24) is 10.2 Å². The first kappa shape index (κ1) is 30.8. The summed E-state index contributed by atoms with van der Waals surface area (Å²) in [7, 11) is 4.65. The summed E-state index contributed by atoms with van der Waals surface area (Å²) in [6.07, 6.45) is 1.70.